The summed E-state index contributed by atoms with van der Waals surface area (Å²) < 4.78 is 28.2. The number of rotatable bonds is 8. The van der Waals surface area contributed by atoms with Crippen molar-refractivity contribution in [3.05, 3.63) is 69.9 Å². The Morgan fingerprint density at radius 3 is 2.58 bits per heavy atom. The Labute approximate surface area is 162 Å². The van der Waals surface area contributed by atoms with Gasteiger partial charge in [0, 0.05) is 18.8 Å². The van der Waals surface area contributed by atoms with E-state index in [-0.39, 0.29) is 21.9 Å². The smallest absolute Gasteiger partial charge is 0.211 e. The van der Waals surface area contributed by atoms with Gasteiger partial charge in [0.05, 0.1) is 10.1 Å². The van der Waals surface area contributed by atoms with E-state index in [1.165, 1.54) is 24.3 Å². The van der Waals surface area contributed by atoms with Crippen molar-refractivity contribution >= 4 is 29.6 Å². The average molecular weight is 403 g/mol. The normalized spacial score (nSPS) is 23.7. The zero-order valence-electron chi connectivity index (χ0n) is 14.6. The molecule has 142 valence electrons. The van der Waals surface area contributed by atoms with Gasteiger partial charge in [0.15, 0.2) is 0 Å². The van der Waals surface area contributed by atoms with E-state index in [2.05, 4.69) is 10.6 Å². The lowest BCUT2D eigenvalue weighted by Crippen LogP contribution is -2.08. The van der Waals surface area contributed by atoms with Gasteiger partial charge in [0.1, 0.15) is 11.7 Å². The highest BCUT2D eigenvalue weighted by atomic mass is 35.5. The monoisotopic (exact) mass is 402 g/mol. The van der Waals surface area contributed by atoms with E-state index in [0.29, 0.717) is 25.2 Å². The molecular weight excluding hydrogens is 381 g/mol. The van der Waals surface area contributed by atoms with Crippen LogP contribution in [0, 0.1) is 11.8 Å². The van der Waals surface area contributed by atoms with Crippen molar-refractivity contribution < 1.29 is 13.6 Å². The van der Waals surface area contributed by atoms with Crippen molar-refractivity contribution in [2.45, 2.75) is 13.8 Å². The highest BCUT2D eigenvalue weighted by molar-refractivity contribution is 6.32. The molecule has 0 radical (unpaired) electrons. The van der Waals surface area contributed by atoms with E-state index in [4.69, 9.17) is 23.2 Å². The molecule has 0 aromatic carbocycles. The van der Waals surface area contributed by atoms with Gasteiger partial charge < -0.3 is 10.6 Å². The number of carbonyl (C=O) groups excluding carboxylic acids is 1. The Morgan fingerprint density at radius 1 is 1.23 bits per heavy atom. The van der Waals surface area contributed by atoms with Crippen LogP contribution in [-0.4, -0.2) is 19.5 Å². The zero-order chi connectivity index (χ0) is 19.5. The molecule has 2 atom stereocenters. The molecule has 1 saturated heterocycles. The summed E-state index contributed by atoms with van der Waals surface area (Å²) >= 11 is 11.7. The molecule has 1 amide bonds. The number of amides is 1. The molecule has 0 aliphatic carbocycles. The fourth-order valence-corrected chi connectivity index (χ4v) is 2.68. The Hall–Kier alpha value is -1.69. The summed E-state index contributed by atoms with van der Waals surface area (Å²) in [5, 5.41) is 5.41. The lowest BCUT2D eigenvalue weighted by Gasteiger charge is -2.10. The van der Waals surface area contributed by atoms with Crippen LogP contribution >= 0.6 is 23.2 Å². The highest BCUT2D eigenvalue weighted by Gasteiger charge is 2.24. The Kier molecular flexibility index (Phi) is 10.2. The maximum Gasteiger partial charge on any atom is 0.211 e. The van der Waals surface area contributed by atoms with Crippen LogP contribution in [0.4, 0.5) is 8.78 Å². The number of halogens is 4. The van der Waals surface area contributed by atoms with Crippen LogP contribution in [0.5, 0.6) is 0 Å². The summed E-state index contributed by atoms with van der Waals surface area (Å²) in [5.41, 5.74) is 0.418. The van der Waals surface area contributed by atoms with Crippen LogP contribution in [-0.2, 0) is 4.79 Å². The number of allylic oxidation sites excluding steroid dienone is 10. The molecule has 0 unspecified atom stereocenters. The lowest BCUT2D eigenvalue weighted by atomic mass is 9.94. The second-order valence-electron chi connectivity index (χ2n) is 5.69. The first-order chi connectivity index (χ1) is 12.4. The second-order valence-corrected chi connectivity index (χ2v) is 6.50. The third-order valence-electron chi connectivity index (χ3n) is 3.68. The number of hydrogen-bond donors (Lipinski definition) is 2. The van der Waals surface area contributed by atoms with Crippen LogP contribution in [0.2, 0.25) is 0 Å². The summed E-state index contributed by atoms with van der Waals surface area (Å²) in [4.78, 5) is 10.3. The van der Waals surface area contributed by atoms with Crippen molar-refractivity contribution in [2.75, 3.05) is 13.1 Å². The van der Waals surface area contributed by atoms with E-state index in [1.807, 2.05) is 6.92 Å². The van der Waals surface area contributed by atoms with Crippen LogP contribution in [0.15, 0.2) is 69.9 Å². The summed E-state index contributed by atoms with van der Waals surface area (Å²) in [5.74, 6) is -1.40. The van der Waals surface area contributed by atoms with Gasteiger partial charge in [-0.15, -0.1) is 0 Å². The van der Waals surface area contributed by atoms with Gasteiger partial charge in [-0.3, -0.25) is 4.79 Å². The molecule has 1 aliphatic heterocycles. The topological polar surface area (TPSA) is 41.1 Å². The number of carbonyl (C=O) groups is 1. The zero-order valence-corrected chi connectivity index (χ0v) is 16.1. The SMILES string of the molecule is C\C=C/C=C(Cl)\C(F)=C\[C@H]1CNC[C@H]1/C=C/C(F)=C(Cl)\C=C(/C)NC=O. The Bertz CT molecular complexity index is 679. The molecule has 0 spiro atoms. The molecule has 0 aromatic rings. The predicted molar refractivity (Wildman–Crippen MR) is 104 cm³/mol. The van der Waals surface area contributed by atoms with Crippen LogP contribution in [0.1, 0.15) is 13.8 Å². The molecule has 26 heavy (non-hydrogen) atoms. The van der Waals surface area contributed by atoms with Gasteiger partial charge in [-0.25, -0.2) is 8.78 Å². The number of nitrogens with one attached hydrogen (secondary N) is 2. The van der Waals surface area contributed by atoms with Crippen molar-refractivity contribution in [1.29, 1.82) is 0 Å². The minimum atomic E-state index is -0.639. The van der Waals surface area contributed by atoms with Gasteiger partial charge in [-0.2, -0.15) is 0 Å². The summed E-state index contributed by atoms with van der Waals surface area (Å²) in [6, 6.07) is 0. The molecule has 0 saturated carbocycles. The summed E-state index contributed by atoms with van der Waals surface area (Å²) in [6.07, 6.45) is 11.0. The molecule has 0 aromatic heterocycles. The van der Waals surface area contributed by atoms with E-state index in [9.17, 15) is 13.6 Å². The summed E-state index contributed by atoms with van der Waals surface area (Å²) in [7, 11) is 0. The Balaban J connectivity index is 2.86. The molecule has 0 bridgehead atoms. The van der Waals surface area contributed by atoms with Crippen molar-refractivity contribution in [3.8, 4) is 0 Å². The first-order valence-electron chi connectivity index (χ1n) is 8.07. The van der Waals surface area contributed by atoms with E-state index in [0.717, 1.165) is 0 Å². The quantitative estimate of drug-likeness (QED) is 0.442. The molecule has 1 rings (SSSR count). The van der Waals surface area contributed by atoms with Crippen LogP contribution < -0.4 is 10.6 Å². The van der Waals surface area contributed by atoms with Crippen molar-refractivity contribution in [1.82, 2.24) is 10.6 Å². The van der Waals surface area contributed by atoms with Gasteiger partial charge in [-0.05, 0) is 50.0 Å². The maximum atomic E-state index is 14.1. The molecule has 3 nitrogen and oxygen atoms in total. The van der Waals surface area contributed by atoms with Gasteiger partial charge in [-0.1, -0.05) is 41.4 Å². The minimum Gasteiger partial charge on any atom is -0.333 e. The third-order valence-corrected chi connectivity index (χ3v) is 4.28. The minimum absolute atomic E-state index is 0.0233. The van der Waals surface area contributed by atoms with Crippen LogP contribution in [0.3, 0.4) is 0 Å². The molecule has 1 fully saturated rings. The second kappa shape index (κ2) is 11.8. The first-order valence-corrected chi connectivity index (χ1v) is 8.83. The van der Waals surface area contributed by atoms with Crippen LogP contribution in [0.25, 0.3) is 0 Å². The lowest BCUT2D eigenvalue weighted by molar-refractivity contribution is -0.108. The predicted octanol–water partition coefficient (Wildman–Crippen LogP) is 5.00. The molecule has 2 N–H and O–H groups in total. The van der Waals surface area contributed by atoms with Crippen molar-refractivity contribution in [2.24, 2.45) is 11.8 Å². The highest BCUT2D eigenvalue weighted by Crippen LogP contribution is 2.26. The largest absolute Gasteiger partial charge is 0.333 e. The fourth-order valence-electron chi connectivity index (χ4n) is 2.32. The maximum absolute atomic E-state index is 14.1. The molecule has 7 heteroatoms. The average Bonchev–Trinajstić information content (AvgIpc) is 3.04. The molecule has 1 heterocycles. The van der Waals surface area contributed by atoms with E-state index in [1.54, 1.807) is 25.2 Å². The van der Waals surface area contributed by atoms with Gasteiger partial charge in [0.25, 0.3) is 0 Å². The van der Waals surface area contributed by atoms with Gasteiger partial charge >= 0.3 is 0 Å². The molecule has 1 aliphatic rings. The summed E-state index contributed by atoms with van der Waals surface area (Å²) in [6.45, 7) is 4.55. The number of hydrogen-bond acceptors (Lipinski definition) is 2. The first kappa shape index (κ1) is 22.4. The molecular formula is C19H22Cl2F2N2O. The third kappa shape index (κ3) is 7.68. The Morgan fingerprint density at radius 2 is 1.92 bits per heavy atom. The van der Waals surface area contributed by atoms with Crippen molar-refractivity contribution in [3.63, 3.8) is 0 Å². The van der Waals surface area contributed by atoms with Gasteiger partial charge in [0.2, 0.25) is 6.41 Å². The van der Waals surface area contributed by atoms with E-state index < -0.39 is 11.7 Å². The van der Waals surface area contributed by atoms with E-state index >= 15 is 0 Å². The fraction of sp³-hybridized carbons (Fsp3) is 0.316. The standard InChI is InChI=1S/C19H22Cl2F2N2O/c1-3-4-5-16(20)19(23)9-15-11-24-10-14(15)6-7-18(22)17(21)8-13(2)25-12-26/h3-9,12,14-15,24H,10-11H2,1-2H3,(H,25,26)/b4-3-,7-6+,13-8+,16-5+,18-17-,19-9-/t14-,15+/m1/s1.